The monoisotopic (exact) mass is 417 g/mol. The summed E-state index contributed by atoms with van der Waals surface area (Å²) in [5, 5.41) is 12.9. The quantitative estimate of drug-likeness (QED) is 0.404. The van der Waals surface area contributed by atoms with Crippen molar-refractivity contribution in [3.63, 3.8) is 0 Å². The van der Waals surface area contributed by atoms with E-state index >= 15 is 0 Å². The predicted octanol–water partition coefficient (Wildman–Crippen LogP) is 6.22. The minimum atomic E-state index is -0.459. The Bertz CT molecular complexity index is 1210. The van der Waals surface area contributed by atoms with Gasteiger partial charge in [-0.25, -0.2) is 0 Å². The third kappa shape index (κ3) is 4.17. The summed E-state index contributed by atoms with van der Waals surface area (Å²) >= 11 is 6.03. The smallest absolute Gasteiger partial charge is 0.266 e. The first-order chi connectivity index (χ1) is 14.2. The summed E-state index contributed by atoms with van der Waals surface area (Å²) in [7, 11) is 0. The van der Waals surface area contributed by atoms with Gasteiger partial charge in [-0.1, -0.05) is 29.8 Å². The average Bonchev–Trinajstić information content (AvgIpc) is 2.98. The van der Waals surface area contributed by atoms with E-state index < -0.39 is 5.91 Å². The topological polar surface area (TPSA) is 57.8 Å². The number of carbonyl (C=O) groups excluding carboxylic acids is 1. The van der Waals surface area contributed by atoms with Crippen molar-refractivity contribution in [1.29, 1.82) is 5.26 Å². The molecule has 1 heterocycles. The molecule has 0 aliphatic carbocycles. The molecule has 0 spiro atoms. The molecular weight excluding hydrogens is 394 g/mol. The molecule has 0 saturated heterocycles. The number of aryl methyl sites for hydroxylation is 3. The van der Waals surface area contributed by atoms with Crippen LogP contribution < -0.4 is 5.32 Å². The van der Waals surface area contributed by atoms with Crippen LogP contribution in [0.25, 0.3) is 11.8 Å². The van der Waals surface area contributed by atoms with Crippen LogP contribution in [0.15, 0.2) is 48.0 Å². The average molecular weight is 418 g/mol. The number of nitrogens with one attached hydrogen (secondary N) is 1. The minimum absolute atomic E-state index is 0.0376. The van der Waals surface area contributed by atoms with E-state index in [1.54, 1.807) is 18.2 Å². The molecule has 3 rings (SSSR count). The van der Waals surface area contributed by atoms with Gasteiger partial charge in [0.2, 0.25) is 0 Å². The molecule has 0 aliphatic rings. The lowest BCUT2D eigenvalue weighted by Crippen LogP contribution is -2.14. The fraction of sp³-hybridized carbons (Fsp3) is 0.200. The fourth-order valence-electron chi connectivity index (χ4n) is 3.50. The number of halogens is 1. The first-order valence-electron chi connectivity index (χ1n) is 9.67. The highest BCUT2D eigenvalue weighted by atomic mass is 35.5. The maximum absolute atomic E-state index is 12.7. The lowest BCUT2D eigenvalue weighted by molar-refractivity contribution is -0.112. The Morgan fingerprint density at radius 3 is 2.50 bits per heavy atom. The van der Waals surface area contributed by atoms with Crippen LogP contribution in [0.5, 0.6) is 0 Å². The Morgan fingerprint density at radius 1 is 1.07 bits per heavy atom. The van der Waals surface area contributed by atoms with Gasteiger partial charge in [-0.3, -0.25) is 4.79 Å². The van der Waals surface area contributed by atoms with Crippen molar-refractivity contribution in [2.45, 2.75) is 34.6 Å². The molecular formula is C25H24ClN3O. The van der Waals surface area contributed by atoms with E-state index in [-0.39, 0.29) is 5.57 Å². The van der Waals surface area contributed by atoms with E-state index in [9.17, 15) is 10.1 Å². The number of nitriles is 1. The van der Waals surface area contributed by atoms with Gasteiger partial charge in [-0.2, -0.15) is 5.26 Å². The molecule has 0 atom stereocenters. The van der Waals surface area contributed by atoms with E-state index in [0.29, 0.717) is 10.7 Å². The molecule has 0 saturated carbocycles. The Hall–Kier alpha value is -3.29. The molecule has 2 aromatic carbocycles. The van der Waals surface area contributed by atoms with Crippen LogP contribution in [0.3, 0.4) is 0 Å². The summed E-state index contributed by atoms with van der Waals surface area (Å²) in [5.74, 6) is -0.459. The summed E-state index contributed by atoms with van der Waals surface area (Å²) in [6.45, 7) is 10.1. The molecule has 1 N–H and O–H groups in total. The zero-order valence-electron chi connectivity index (χ0n) is 17.8. The number of amides is 1. The van der Waals surface area contributed by atoms with Gasteiger partial charge < -0.3 is 9.88 Å². The highest BCUT2D eigenvalue weighted by molar-refractivity contribution is 6.31. The molecule has 0 fully saturated rings. The third-order valence-electron chi connectivity index (χ3n) is 5.40. The van der Waals surface area contributed by atoms with Crippen LogP contribution in [0.1, 0.15) is 33.6 Å². The molecule has 0 bridgehead atoms. The second kappa shape index (κ2) is 8.61. The molecule has 30 heavy (non-hydrogen) atoms. The van der Waals surface area contributed by atoms with Crippen molar-refractivity contribution in [1.82, 2.24) is 4.57 Å². The van der Waals surface area contributed by atoms with Crippen LogP contribution in [0.4, 0.5) is 5.69 Å². The van der Waals surface area contributed by atoms with Gasteiger partial charge in [-0.05, 0) is 87.2 Å². The summed E-state index contributed by atoms with van der Waals surface area (Å²) in [6, 6.07) is 15.5. The van der Waals surface area contributed by atoms with Gasteiger partial charge in [0.05, 0.1) is 0 Å². The SMILES string of the molecule is Cc1ccc(Cl)cc1NC(=O)/C(C#N)=C/c1cc(C)n(-c2cccc(C)c2C)c1C. The van der Waals surface area contributed by atoms with Crippen molar-refractivity contribution in [3.8, 4) is 11.8 Å². The molecule has 0 radical (unpaired) electrons. The minimum Gasteiger partial charge on any atom is -0.321 e. The van der Waals surface area contributed by atoms with Crippen LogP contribution in [-0.2, 0) is 4.79 Å². The summed E-state index contributed by atoms with van der Waals surface area (Å²) in [6.07, 6.45) is 1.64. The number of benzene rings is 2. The largest absolute Gasteiger partial charge is 0.321 e. The number of carbonyl (C=O) groups is 1. The third-order valence-corrected chi connectivity index (χ3v) is 5.64. The van der Waals surface area contributed by atoms with Gasteiger partial charge in [0, 0.05) is 27.8 Å². The van der Waals surface area contributed by atoms with Crippen molar-refractivity contribution >= 4 is 29.3 Å². The Morgan fingerprint density at radius 2 is 1.80 bits per heavy atom. The lowest BCUT2D eigenvalue weighted by atomic mass is 10.1. The van der Waals surface area contributed by atoms with E-state index in [1.165, 1.54) is 11.1 Å². The number of hydrogen-bond acceptors (Lipinski definition) is 2. The van der Waals surface area contributed by atoms with E-state index in [4.69, 9.17) is 11.6 Å². The summed E-state index contributed by atoms with van der Waals surface area (Å²) in [4.78, 5) is 12.7. The molecule has 1 aromatic heterocycles. The first kappa shape index (κ1) is 21.4. The summed E-state index contributed by atoms with van der Waals surface area (Å²) in [5.41, 5.74) is 7.86. The second-order valence-electron chi connectivity index (χ2n) is 7.46. The standard InChI is InChI=1S/C25H24ClN3O/c1-15-7-6-8-24(18(15)4)29-17(3)11-20(19(29)5)12-21(14-27)25(30)28-23-13-22(26)10-9-16(23)2/h6-13H,1-5H3,(H,28,30)/b21-12+. The molecule has 0 unspecified atom stereocenters. The zero-order valence-corrected chi connectivity index (χ0v) is 18.6. The van der Waals surface area contributed by atoms with Crippen LogP contribution in [-0.4, -0.2) is 10.5 Å². The number of aromatic nitrogens is 1. The normalized spacial score (nSPS) is 11.3. The zero-order chi connectivity index (χ0) is 22.0. The lowest BCUT2D eigenvalue weighted by Gasteiger charge is -2.14. The number of anilines is 1. The predicted molar refractivity (Wildman–Crippen MR) is 123 cm³/mol. The van der Waals surface area contributed by atoms with Gasteiger partial charge in [-0.15, -0.1) is 0 Å². The molecule has 152 valence electrons. The first-order valence-corrected chi connectivity index (χ1v) is 10.1. The van der Waals surface area contributed by atoms with Crippen LogP contribution >= 0.6 is 11.6 Å². The Balaban J connectivity index is 1.99. The highest BCUT2D eigenvalue weighted by Gasteiger charge is 2.16. The Kier molecular flexibility index (Phi) is 6.14. The molecule has 5 heteroatoms. The maximum Gasteiger partial charge on any atom is 0.266 e. The number of rotatable bonds is 4. The summed E-state index contributed by atoms with van der Waals surface area (Å²) < 4.78 is 2.15. The van der Waals surface area contributed by atoms with Gasteiger partial charge in [0.15, 0.2) is 0 Å². The highest BCUT2D eigenvalue weighted by Crippen LogP contribution is 2.27. The van der Waals surface area contributed by atoms with Crippen molar-refractivity contribution < 1.29 is 4.79 Å². The van der Waals surface area contributed by atoms with E-state index in [2.05, 4.69) is 35.9 Å². The van der Waals surface area contributed by atoms with Crippen molar-refractivity contribution in [2.75, 3.05) is 5.32 Å². The molecule has 0 aliphatic heterocycles. The van der Waals surface area contributed by atoms with Crippen LogP contribution in [0, 0.1) is 45.9 Å². The van der Waals surface area contributed by atoms with E-state index in [1.807, 2.05) is 45.0 Å². The number of nitrogens with zero attached hydrogens (tertiary/aromatic N) is 2. The van der Waals surface area contributed by atoms with Gasteiger partial charge in [0.25, 0.3) is 5.91 Å². The molecule has 1 amide bonds. The Labute approximate surface area is 182 Å². The number of hydrogen-bond donors (Lipinski definition) is 1. The maximum atomic E-state index is 12.7. The van der Waals surface area contributed by atoms with Gasteiger partial charge >= 0.3 is 0 Å². The molecule has 3 aromatic rings. The molecule has 4 nitrogen and oxygen atoms in total. The fourth-order valence-corrected chi connectivity index (χ4v) is 3.68. The van der Waals surface area contributed by atoms with E-state index in [0.717, 1.165) is 28.2 Å². The van der Waals surface area contributed by atoms with Crippen LogP contribution in [0.2, 0.25) is 5.02 Å². The van der Waals surface area contributed by atoms with Crippen molar-refractivity contribution in [3.05, 3.63) is 86.7 Å². The second-order valence-corrected chi connectivity index (χ2v) is 7.90. The van der Waals surface area contributed by atoms with Crippen molar-refractivity contribution in [2.24, 2.45) is 0 Å². The van der Waals surface area contributed by atoms with Gasteiger partial charge in [0.1, 0.15) is 11.6 Å².